The highest BCUT2D eigenvalue weighted by molar-refractivity contribution is 7.14. The highest BCUT2D eigenvalue weighted by Gasteiger charge is 2.46. The molecule has 0 bridgehead atoms. The number of halogens is 2. The van der Waals surface area contributed by atoms with E-state index in [-0.39, 0.29) is 60.0 Å². The van der Waals surface area contributed by atoms with Gasteiger partial charge in [0.2, 0.25) is 23.5 Å². The normalized spacial score (nSPS) is 17.6. The lowest BCUT2D eigenvalue weighted by Gasteiger charge is -2.27. The summed E-state index contributed by atoms with van der Waals surface area (Å²) < 4.78 is 46.8. The number of nitrogens with zero attached hydrogens (tertiary/aromatic N) is 3. The lowest BCUT2D eigenvalue weighted by atomic mass is 10.0. The van der Waals surface area contributed by atoms with Crippen molar-refractivity contribution in [3.05, 3.63) is 58.5 Å². The topological polar surface area (TPSA) is 186 Å². The second-order valence-electron chi connectivity index (χ2n) is 12.8. The number of hydrogen-bond acceptors (Lipinski definition) is 12. The summed E-state index contributed by atoms with van der Waals surface area (Å²) in [5, 5.41) is 9.99. The number of ether oxygens (including phenoxy) is 3. The van der Waals surface area contributed by atoms with Crippen molar-refractivity contribution >= 4 is 51.9 Å². The number of piperidine rings is 1. The van der Waals surface area contributed by atoms with E-state index in [4.69, 9.17) is 14.2 Å². The van der Waals surface area contributed by atoms with Crippen molar-refractivity contribution in [1.82, 2.24) is 25.8 Å². The fourth-order valence-electron chi connectivity index (χ4n) is 6.29. The van der Waals surface area contributed by atoms with Crippen LogP contribution in [0.3, 0.4) is 0 Å². The first-order valence-corrected chi connectivity index (χ1v) is 18.3. The van der Waals surface area contributed by atoms with Crippen LogP contribution in [0.1, 0.15) is 59.7 Å². The van der Waals surface area contributed by atoms with Crippen molar-refractivity contribution in [1.29, 1.82) is 0 Å². The number of imide groups is 2. The Labute approximate surface area is 312 Å². The first kappa shape index (κ1) is 38.2. The highest BCUT2D eigenvalue weighted by Crippen LogP contribution is 2.38. The third-order valence-corrected chi connectivity index (χ3v) is 9.93. The predicted octanol–water partition coefficient (Wildman–Crippen LogP) is 2.58. The number of carbonyl (C=O) groups is 6. The average Bonchev–Trinajstić information content (AvgIpc) is 3.74. The molecule has 6 rings (SSSR count). The summed E-state index contributed by atoms with van der Waals surface area (Å²) in [6.45, 7) is 3.53. The van der Waals surface area contributed by atoms with E-state index >= 15 is 4.39 Å². The van der Waals surface area contributed by atoms with Gasteiger partial charge in [-0.25, -0.2) is 9.37 Å². The van der Waals surface area contributed by atoms with Gasteiger partial charge in [-0.05, 0) is 49.9 Å². The molecular formula is C36H38F2N6O9S. The molecule has 0 spiro atoms. The molecule has 3 N–H and O–H groups in total. The van der Waals surface area contributed by atoms with Crippen molar-refractivity contribution < 1.29 is 51.8 Å². The van der Waals surface area contributed by atoms with E-state index in [0.717, 1.165) is 16.1 Å². The highest BCUT2D eigenvalue weighted by atomic mass is 32.1. The van der Waals surface area contributed by atoms with Crippen molar-refractivity contribution in [2.45, 2.75) is 51.2 Å². The van der Waals surface area contributed by atoms with Gasteiger partial charge < -0.3 is 29.7 Å². The molecule has 286 valence electrons. The molecule has 54 heavy (non-hydrogen) atoms. The largest absolute Gasteiger partial charge is 0.485 e. The Bertz CT molecular complexity index is 1950. The minimum atomic E-state index is -1.17. The van der Waals surface area contributed by atoms with Crippen LogP contribution in [0.25, 0.3) is 11.3 Å². The molecule has 3 aliphatic heterocycles. The molecule has 4 heterocycles. The molecule has 1 aromatic heterocycles. The quantitative estimate of drug-likeness (QED) is 0.153. The molecule has 2 fully saturated rings. The zero-order valence-corrected chi connectivity index (χ0v) is 30.1. The Morgan fingerprint density at radius 1 is 1.06 bits per heavy atom. The zero-order valence-electron chi connectivity index (χ0n) is 29.3. The second kappa shape index (κ2) is 17.1. The Kier molecular flexibility index (Phi) is 12.1. The lowest BCUT2D eigenvalue weighted by Crippen LogP contribution is -2.54. The fraction of sp³-hybridized carbons (Fsp3) is 0.417. The van der Waals surface area contributed by atoms with Crippen LogP contribution < -0.4 is 30.3 Å². The zero-order chi connectivity index (χ0) is 38.4. The van der Waals surface area contributed by atoms with Crippen molar-refractivity contribution in [3.63, 3.8) is 0 Å². The number of benzene rings is 2. The molecule has 0 aliphatic carbocycles. The minimum absolute atomic E-state index is 0.000654. The summed E-state index contributed by atoms with van der Waals surface area (Å²) in [7, 11) is 0. The van der Waals surface area contributed by atoms with Crippen LogP contribution in [0.4, 0.5) is 13.9 Å². The van der Waals surface area contributed by atoms with Gasteiger partial charge >= 0.3 is 0 Å². The van der Waals surface area contributed by atoms with Gasteiger partial charge in [0, 0.05) is 43.9 Å². The molecule has 18 heteroatoms. The number of amides is 6. The van der Waals surface area contributed by atoms with E-state index in [0.29, 0.717) is 51.3 Å². The van der Waals surface area contributed by atoms with Gasteiger partial charge in [0.15, 0.2) is 23.3 Å². The van der Waals surface area contributed by atoms with Crippen molar-refractivity contribution in [3.8, 4) is 22.8 Å². The number of aromatic nitrogens is 1. The van der Waals surface area contributed by atoms with Crippen molar-refractivity contribution in [2.24, 2.45) is 0 Å². The Hall–Kier alpha value is -5.49. The molecule has 2 aromatic carbocycles. The Balaban J connectivity index is 1.02. The van der Waals surface area contributed by atoms with Crippen LogP contribution in [0.2, 0.25) is 0 Å². The smallest absolute Gasteiger partial charge is 0.266 e. The number of morpholine rings is 1. The van der Waals surface area contributed by atoms with Crippen LogP contribution in [0.5, 0.6) is 11.5 Å². The number of unbranched alkanes of at least 4 members (excludes halogenated alkanes) is 1. The Morgan fingerprint density at radius 3 is 2.61 bits per heavy atom. The van der Waals surface area contributed by atoms with Crippen LogP contribution in [-0.2, 0) is 23.9 Å². The number of rotatable bonds is 15. The molecule has 15 nitrogen and oxygen atoms in total. The summed E-state index contributed by atoms with van der Waals surface area (Å²) in [6.07, 6.45) is 0.463. The number of nitrogens with one attached hydrogen (secondary N) is 3. The van der Waals surface area contributed by atoms with E-state index in [1.165, 1.54) is 42.5 Å². The molecule has 3 aliphatic rings. The fourth-order valence-corrected chi connectivity index (χ4v) is 7.17. The first-order chi connectivity index (χ1) is 26.0. The molecule has 0 radical (unpaired) electrons. The number of fused-ring (bicyclic) bond motifs is 1. The molecular weight excluding hydrogens is 730 g/mol. The van der Waals surface area contributed by atoms with E-state index in [1.807, 2.05) is 0 Å². The standard InChI is InChI=1S/C36H38F2N6O9S/c1-20(45)40-17-21(53-32-22(8-9-24(37)31(32)38)25-19-54-36(41-25)43-13-15-51-16-14-43)5-2-3-12-39-29(47)18-52-27-7-4-6-23-30(27)35(50)44(34(23)49)26-10-11-28(46)42-33(26)48/h4,6-9,19,21,26H,2-3,5,10-18H2,1H3,(H,39,47)(H,40,45)(H,42,46,48). The number of thiazole rings is 1. The van der Waals surface area contributed by atoms with Gasteiger partial charge in [0.05, 0.1) is 36.6 Å². The van der Waals surface area contributed by atoms with Gasteiger partial charge in [-0.3, -0.25) is 39.0 Å². The minimum Gasteiger partial charge on any atom is -0.485 e. The summed E-state index contributed by atoms with van der Waals surface area (Å²) in [6, 6.07) is 5.62. The monoisotopic (exact) mass is 768 g/mol. The van der Waals surface area contributed by atoms with E-state index in [1.54, 1.807) is 5.38 Å². The summed E-state index contributed by atoms with van der Waals surface area (Å²) in [5.41, 5.74) is 0.633. The van der Waals surface area contributed by atoms with Gasteiger partial charge in [-0.1, -0.05) is 6.07 Å². The van der Waals surface area contributed by atoms with Gasteiger partial charge in [0.25, 0.3) is 17.7 Å². The van der Waals surface area contributed by atoms with Gasteiger partial charge in [0.1, 0.15) is 17.9 Å². The van der Waals surface area contributed by atoms with E-state index in [9.17, 15) is 33.2 Å². The van der Waals surface area contributed by atoms with Crippen molar-refractivity contribution in [2.75, 3.05) is 50.9 Å². The third kappa shape index (κ3) is 8.65. The maximum Gasteiger partial charge on any atom is 0.266 e. The molecule has 2 unspecified atom stereocenters. The SMILES string of the molecule is CC(=O)NCC(CCCCNC(=O)COc1cccc2c1C(=O)N(C1CCC(=O)NC1=O)C2=O)Oc1c(-c2csc(N3CCOCC3)n2)ccc(F)c1F. The second-order valence-corrected chi connectivity index (χ2v) is 13.6. The molecule has 2 saturated heterocycles. The summed E-state index contributed by atoms with van der Waals surface area (Å²) in [5.74, 6) is -6.11. The van der Waals surface area contributed by atoms with Crippen LogP contribution >= 0.6 is 11.3 Å². The lowest BCUT2D eigenvalue weighted by molar-refractivity contribution is -0.136. The molecule has 2 atom stereocenters. The molecule has 3 aromatic rings. The van der Waals surface area contributed by atoms with E-state index < -0.39 is 59.9 Å². The maximum atomic E-state index is 15.3. The number of carbonyl (C=O) groups excluding carboxylic acids is 6. The van der Waals surface area contributed by atoms with Crippen LogP contribution in [-0.4, -0.2) is 103 Å². The van der Waals surface area contributed by atoms with E-state index in [2.05, 4.69) is 25.8 Å². The summed E-state index contributed by atoms with van der Waals surface area (Å²) in [4.78, 5) is 82.2. The number of hydrogen-bond donors (Lipinski definition) is 3. The number of anilines is 1. The maximum absolute atomic E-state index is 15.3. The Morgan fingerprint density at radius 2 is 1.85 bits per heavy atom. The molecule has 0 saturated carbocycles. The van der Waals surface area contributed by atoms with Crippen LogP contribution in [0.15, 0.2) is 35.7 Å². The first-order valence-electron chi connectivity index (χ1n) is 17.4. The average molecular weight is 769 g/mol. The van der Waals surface area contributed by atoms with Gasteiger partial charge in [-0.15, -0.1) is 11.3 Å². The van der Waals surface area contributed by atoms with Gasteiger partial charge in [-0.2, -0.15) is 4.39 Å². The third-order valence-electron chi connectivity index (χ3n) is 9.03. The van der Waals surface area contributed by atoms with Crippen LogP contribution in [0, 0.1) is 11.6 Å². The summed E-state index contributed by atoms with van der Waals surface area (Å²) >= 11 is 1.37. The predicted molar refractivity (Wildman–Crippen MR) is 189 cm³/mol. The molecule has 6 amide bonds.